The van der Waals surface area contributed by atoms with Crippen LogP contribution in [0.3, 0.4) is 0 Å². The number of carbonyl (C=O) groups excluding carboxylic acids is 1. The molecular formula is C36H31ClF3N5O2. The van der Waals surface area contributed by atoms with E-state index in [1.165, 1.54) is 11.0 Å². The molecule has 1 aromatic heterocycles. The molecule has 0 bridgehead atoms. The van der Waals surface area contributed by atoms with Gasteiger partial charge in [0, 0.05) is 47.4 Å². The molecule has 4 aromatic rings. The molecule has 1 amide bonds. The molecule has 0 radical (unpaired) electrons. The van der Waals surface area contributed by atoms with E-state index in [0.29, 0.717) is 70.6 Å². The van der Waals surface area contributed by atoms with Gasteiger partial charge in [-0.15, -0.1) is 0 Å². The minimum absolute atomic E-state index is 0.0959. The topological polar surface area (TPSA) is 72.7 Å². The fourth-order valence-corrected chi connectivity index (χ4v) is 8.69. The number of benzene rings is 3. The number of pyridine rings is 1. The van der Waals surface area contributed by atoms with E-state index in [2.05, 4.69) is 17.5 Å². The Morgan fingerprint density at radius 3 is 2.74 bits per heavy atom. The number of hydrogen-bond acceptors (Lipinski definition) is 6. The number of alkyl halides is 1. The summed E-state index contributed by atoms with van der Waals surface area (Å²) >= 11 is 6.61. The first-order chi connectivity index (χ1) is 22.7. The van der Waals surface area contributed by atoms with Gasteiger partial charge in [0.2, 0.25) is 5.88 Å². The van der Waals surface area contributed by atoms with Crippen LogP contribution in [0.25, 0.3) is 32.8 Å². The van der Waals surface area contributed by atoms with Crippen molar-refractivity contribution >= 4 is 44.9 Å². The van der Waals surface area contributed by atoms with Crippen LogP contribution in [-0.2, 0) is 4.79 Å². The van der Waals surface area contributed by atoms with Crippen molar-refractivity contribution in [2.24, 2.45) is 0 Å². The van der Waals surface area contributed by atoms with E-state index in [0.717, 1.165) is 24.8 Å². The van der Waals surface area contributed by atoms with E-state index in [-0.39, 0.29) is 30.1 Å². The van der Waals surface area contributed by atoms with Crippen LogP contribution in [0.5, 0.6) is 5.88 Å². The summed E-state index contributed by atoms with van der Waals surface area (Å²) in [6, 6.07) is 15.9. The fraction of sp³-hybridized carbons (Fsp3) is 0.361. The summed E-state index contributed by atoms with van der Waals surface area (Å²) in [6.45, 7) is 5.15. The summed E-state index contributed by atoms with van der Waals surface area (Å²) in [4.78, 5) is 22.9. The van der Waals surface area contributed by atoms with Gasteiger partial charge in [-0.05, 0) is 55.0 Å². The van der Waals surface area contributed by atoms with E-state index in [1.54, 1.807) is 12.1 Å². The highest BCUT2D eigenvalue weighted by molar-refractivity contribution is 6.36. The Labute approximate surface area is 274 Å². The highest BCUT2D eigenvalue weighted by atomic mass is 35.5. The molecular weight excluding hydrogens is 627 g/mol. The standard InChI is InChI=1S/C36H31ClF3N5O2/c1-20(38)35(46)44-12-9-30-31(44)18-45(30)33-25-13-28(40)24(23-7-2-5-21-6-3-8-27(37)32(21)23)14-29(25)42-34(26(33)16-41)47-19-36-10-4-11-43(36)17-22(39)15-36/h2-3,5-8,13-14,22,30-31H,1,4,9-12,15,17-19H2/t22-,30-,31-,36+/m1/s1. The summed E-state index contributed by atoms with van der Waals surface area (Å²) in [6.07, 6.45) is 1.67. The quantitative estimate of drug-likeness (QED) is 0.209. The van der Waals surface area contributed by atoms with Crippen molar-refractivity contribution in [2.45, 2.75) is 49.5 Å². The minimum Gasteiger partial charge on any atom is -0.475 e. The van der Waals surface area contributed by atoms with Crippen LogP contribution < -0.4 is 9.64 Å². The molecule has 5 heterocycles. The Hall–Kier alpha value is -4.33. The third-order valence-electron chi connectivity index (χ3n) is 10.6. The molecule has 0 spiro atoms. The lowest BCUT2D eigenvalue weighted by Gasteiger charge is -2.48. The van der Waals surface area contributed by atoms with Gasteiger partial charge in [-0.25, -0.2) is 18.2 Å². The molecule has 4 atom stereocenters. The number of fused-ring (bicyclic) bond motifs is 4. The van der Waals surface area contributed by atoms with Crippen molar-refractivity contribution < 1.29 is 22.7 Å². The Balaban J connectivity index is 1.26. The van der Waals surface area contributed by atoms with Crippen LogP contribution in [0.4, 0.5) is 18.9 Å². The summed E-state index contributed by atoms with van der Waals surface area (Å²) in [5.41, 5.74) is 1.44. The second kappa shape index (κ2) is 11.1. The molecule has 4 saturated heterocycles. The van der Waals surface area contributed by atoms with Crippen LogP contribution in [0.15, 0.2) is 60.9 Å². The summed E-state index contributed by atoms with van der Waals surface area (Å²) < 4.78 is 51.0. The normalized spacial score (nSPS) is 25.1. The van der Waals surface area contributed by atoms with Crippen molar-refractivity contribution in [1.29, 1.82) is 5.26 Å². The van der Waals surface area contributed by atoms with Crippen molar-refractivity contribution in [3.8, 4) is 23.1 Å². The fourth-order valence-electron chi connectivity index (χ4n) is 8.41. The third-order valence-corrected chi connectivity index (χ3v) is 10.9. The Morgan fingerprint density at radius 1 is 1.15 bits per heavy atom. The molecule has 0 aliphatic carbocycles. The van der Waals surface area contributed by atoms with Gasteiger partial charge in [0.05, 0.1) is 28.8 Å². The molecule has 4 aliphatic rings. The largest absolute Gasteiger partial charge is 0.475 e. The molecule has 0 saturated carbocycles. The average molecular weight is 658 g/mol. The lowest BCUT2D eigenvalue weighted by Crippen LogP contribution is -2.63. The smallest absolute Gasteiger partial charge is 0.282 e. The molecule has 4 aliphatic heterocycles. The van der Waals surface area contributed by atoms with Crippen LogP contribution in [0, 0.1) is 17.1 Å². The van der Waals surface area contributed by atoms with Gasteiger partial charge in [-0.1, -0.05) is 48.5 Å². The van der Waals surface area contributed by atoms with E-state index in [1.807, 2.05) is 35.2 Å². The number of likely N-dealkylation sites (tertiary alicyclic amines) is 1. The Morgan fingerprint density at radius 2 is 1.96 bits per heavy atom. The molecule has 0 unspecified atom stereocenters. The van der Waals surface area contributed by atoms with Gasteiger partial charge in [-0.2, -0.15) is 5.26 Å². The second-order valence-electron chi connectivity index (χ2n) is 13.1. The second-order valence-corrected chi connectivity index (χ2v) is 13.5. The maximum atomic E-state index is 16.3. The Kier molecular flexibility index (Phi) is 7.12. The van der Waals surface area contributed by atoms with Gasteiger partial charge >= 0.3 is 0 Å². The number of amides is 1. The van der Waals surface area contributed by atoms with Crippen LogP contribution >= 0.6 is 11.6 Å². The zero-order valence-corrected chi connectivity index (χ0v) is 26.2. The number of carbonyl (C=O) groups is 1. The molecule has 4 fully saturated rings. The predicted molar refractivity (Wildman–Crippen MR) is 174 cm³/mol. The SMILES string of the molecule is C=C(F)C(=O)N1CC[C@@H]2[C@H]1CN2c1c(C#N)c(OC[C@@]23CCCN2C[C@H](F)C3)nc2cc(-c3cccc4cccc(Cl)c34)c(F)cc12. The first-order valence-electron chi connectivity index (χ1n) is 15.9. The molecule has 11 heteroatoms. The predicted octanol–water partition coefficient (Wildman–Crippen LogP) is 6.95. The number of nitrogens with zero attached hydrogens (tertiary/aromatic N) is 5. The van der Waals surface area contributed by atoms with Crippen LogP contribution in [0.1, 0.15) is 31.2 Å². The van der Waals surface area contributed by atoms with Gasteiger partial charge in [0.1, 0.15) is 30.2 Å². The maximum Gasteiger partial charge on any atom is 0.282 e. The summed E-state index contributed by atoms with van der Waals surface area (Å²) in [7, 11) is 0. The minimum atomic E-state index is -1.02. The molecule has 47 heavy (non-hydrogen) atoms. The van der Waals surface area contributed by atoms with E-state index < -0.39 is 29.3 Å². The van der Waals surface area contributed by atoms with Crippen LogP contribution in [0.2, 0.25) is 5.02 Å². The maximum absolute atomic E-state index is 16.3. The monoisotopic (exact) mass is 657 g/mol. The lowest BCUT2D eigenvalue weighted by molar-refractivity contribution is -0.130. The molecule has 8 rings (SSSR count). The summed E-state index contributed by atoms with van der Waals surface area (Å²) in [5.74, 6) is -2.18. The first-order valence-corrected chi connectivity index (χ1v) is 16.3. The van der Waals surface area contributed by atoms with Gasteiger partial charge in [0.25, 0.3) is 5.91 Å². The summed E-state index contributed by atoms with van der Waals surface area (Å²) in [5, 5.41) is 13.0. The van der Waals surface area contributed by atoms with Crippen molar-refractivity contribution in [1.82, 2.24) is 14.8 Å². The number of ether oxygens (including phenoxy) is 1. The number of aromatic nitrogens is 1. The van der Waals surface area contributed by atoms with E-state index >= 15 is 4.39 Å². The average Bonchev–Trinajstić information content (AvgIpc) is 3.68. The number of halogens is 4. The first kappa shape index (κ1) is 30.0. The van der Waals surface area contributed by atoms with E-state index in [4.69, 9.17) is 21.3 Å². The number of rotatable bonds is 6. The number of nitriles is 1. The number of hydrogen-bond donors (Lipinski definition) is 0. The van der Waals surface area contributed by atoms with E-state index in [9.17, 15) is 18.8 Å². The third kappa shape index (κ3) is 4.66. The molecule has 7 nitrogen and oxygen atoms in total. The Bertz CT molecular complexity index is 2030. The lowest BCUT2D eigenvalue weighted by atomic mass is 9.92. The van der Waals surface area contributed by atoms with Crippen molar-refractivity contribution in [3.63, 3.8) is 0 Å². The number of anilines is 1. The zero-order valence-electron chi connectivity index (χ0n) is 25.5. The van der Waals surface area contributed by atoms with Gasteiger partial charge < -0.3 is 14.5 Å². The van der Waals surface area contributed by atoms with Crippen molar-refractivity contribution in [2.75, 3.05) is 37.7 Å². The molecule has 3 aromatic carbocycles. The highest BCUT2D eigenvalue weighted by Crippen LogP contribution is 2.47. The van der Waals surface area contributed by atoms with Gasteiger partial charge in [-0.3, -0.25) is 9.69 Å². The van der Waals surface area contributed by atoms with Crippen LogP contribution in [-0.4, -0.2) is 77.3 Å². The zero-order chi connectivity index (χ0) is 32.6. The molecule has 240 valence electrons. The van der Waals surface area contributed by atoms with Crippen molar-refractivity contribution in [3.05, 3.63) is 77.3 Å². The molecule has 0 N–H and O–H groups in total. The van der Waals surface area contributed by atoms with Gasteiger partial charge in [0.15, 0.2) is 5.83 Å². The highest BCUT2D eigenvalue weighted by Gasteiger charge is 2.51.